The van der Waals surface area contributed by atoms with Gasteiger partial charge in [0.1, 0.15) is 73.2 Å². The molecular formula is C85H161NO18. The molecule has 0 aromatic heterocycles. The van der Waals surface area contributed by atoms with Gasteiger partial charge in [0, 0.05) is 6.42 Å². The van der Waals surface area contributed by atoms with Gasteiger partial charge in [0.15, 0.2) is 18.9 Å². The lowest BCUT2D eigenvalue weighted by Gasteiger charge is -2.48. The van der Waals surface area contributed by atoms with Crippen LogP contribution in [0.4, 0.5) is 0 Å². The second-order valence-corrected chi connectivity index (χ2v) is 31.4. The van der Waals surface area contributed by atoms with Crippen molar-refractivity contribution in [2.75, 3.05) is 26.4 Å². The fraction of sp³-hybridized carbons (Fsp3) is 0.941. The van der Waals surface area contributed by atoms with E-state index in [-0.39, 0.29) is 18.9 Å². The summed E-state index contributed by atoms with van der Waals surface area (Å²) < 4.78 is 34.5. The first-order valence-corrected chi connectivity index (χ1v) is 43.6. The Morgan fingerprint density at radius 1 is 0.337 bits per heavy atom. The predicted octanol–water partition coefficient (Wildman–Crippen LogP) is 15.7. The standard InChI is InChI=1S/C85H161NO18/c1-3-5-7-9-11-13-15-17-19-21-23-25-27-29-30-31-32-33-34-35-36-37-38-39-41-43-45-47-49-51-53-55-57-59-61-63-73(91)86-68(69(90)62-60-58-56-54-52-50-48-46-44-42-40-28-26-24-22-20-18-16-14-12-10-8-6-4-2)67-99-83-79(97)76(94)81(71(65-88)101-83)104-85-80(98)77(95)82(72(66-89)102-85)103-84-78(96)75(93)74(92)70(64-87)100-84/h52,54,60,62,68-72,74-85,87-90,92-98H,3-51,53,55-59,61,63-67H2,1-2H3,(H,86,91)/b54-52+,62-60+. The lowest BCUT2D eigenvalue weighted by atomic mass is 9.96. The van der Waals surface area contributed by atoms with Crippen molar-refractivity contribution in [1.29, 1.82) is 0 Å². The number of nitrogens with one attached hydrogen (secondary N) is 1. The monoisotopic (exact) mass is 1480 g/mol. The van der Waals surface area contributed by atoms with Crippen LogP contribution in [0.1, 0.15) is 380 Å². The number of allylic oxidation sites excluding steroid dienone is 3. The smallest absolute Gasteiger partial charge is 0.220 e. The maximum Gasteiger partial charge on any atom is 0.220 e. The lowest BCUT2D eigenvalue weighted by molar-refractivity contribution is -0.379. The molecule has 0 bridgehead atoms. The van der Waals surface area contributed by atoms with Crippen molar-refractivity contribution >= 4 is 5.91 Å². The number of carbonyl (C=O) groups is 1. The number of ether oxygens (including phenoxy) is 6. The van der Waals surface area contributed by atoms with E-state index >= 15 is 0 Å². The zero-order chi connectivity index (χ0) is 75.3. The quantitative estimate of drug-likeness (QED) is 0.0199. The summed E-state index contributed by atoms with van der Waals surface area (Å²) in [6.45, 7) is 1.79. The molecule has 12 N–H and O–H groups in total. The zero-order valence-electron chi connectivity index (χ0n) is 66.0. The minimum atomic E-state index is -1.98. The molecule has 17 atom stereocenters. The highest BCUT2D eigenvalue weighted by atomic mass is 16.8. The normalized spacial score (nSPS) is 26.0. The Morgan fingerprint density at radius 2 is 0.615 bits per heavy atom. The molecular weight excluding hydrogens is 1320 g/mol. The van der Waals surface area contributed by atoms with Crippen LogP contribution in [-0.4, -0.2) is 193 Å². The number of hydrogen-bond acceptors (Lipinski definition) is 18. The molecule has 3 rings (SSSR count). The van der Waals surface area contributed by atoms with Gasteiger partial charge in [-0.2, -0.15) is 0 Å². The number of aliphatic hydroxyl groups excluding tert-OH is 11. The summed E-state index contributed by atoms with van der Waals surface area (Å²) in [5.41, 5.74) is 0. The van der Waals surface area contributed by atoms with E-state index in [1.807, 2.05) is 6.08 Å². The number of rotatable bonds is 71. The van der Waals surface area contributed by atoms with Crippen molar-refractivity contribution in [3.63, 3.8) is 0 Å². The maximum absolute atomic E-state index is 13.5. The molecule has 0 spiro atoms. The fourth-order valence-electron chi connectivity index (χ4n) is 15.0. The van der Waals surface area contributed by atoms with Gasteiger partial charge in [0.05, 0.1) is 38.6 Å². The van der Waals surface area contributed by atoms with Crippen molar-refractivity contribution in [1.82, 2.24) is 5.32 Å². The van der Waals surface area contributed by atoms with Crippen LogP contribution < -0.4 is 5.32 Å². The molecule has 104 heavy (non-hydrogen) atoms. The van der Waals surface area contributed by atoms with Gasteiger partial charge in [-0.3, -0.25) is 4.79 Å². The van der Waals surface area contributed by atoms with Crippen molar-refractivity contribution in [2.24, 2.45) is 0 Å². The van der Waals surface area contributed by atoms with Crippen molar-refractivity contribution in [3.8, 4) is 0 Å². The summed E-state index contributed by atoms with van der Waals surface area (Å²) in [4.78, 5) is 13.5. The molecule has 3 aliphatic rings. The van der Waals surface area contributed by atoms with Gasteiger partial charge in [-0.1, -0.05) is 366 Å². The molecule has 19 nitrogen and oxygen atoms in total. The van der Waals surface area contributed by atoms with Crippen LogP contribution in [0.2, 0.25) is 0 Å². The van der Waals surface area contributed by atoms with Crippen LogP contribution in [0.3, 0.4) is 0 Å². The van der Waals surface area contributed by atoms with Crippen molar-refractivity contribution < 1.29 is 89.4 Å². The summed E-state index contributed by atoms with van der Waals surface area (Å²) in [5, 5.41) is 121. The van der Waals surface area contributed by atoms with Gasteiger partial charge in [-0.15, -0.1) is 0 Å². The van der Waals surface area contributed by atoms with Gasteiger partial charge in [0.25, 0.3) is 0 Å². The molecule has 0 saturated carbocycles. The SMILES string of the molecule is CCCCCCCCCCCCCCCCCCCC/C=C/CC/C=C/C(O)C(COC1OC(CO)C(OC2OC(CO)C(OC3OC(CO)C(O)C(O)C3O)C(O)C2O)C(O)C1O)NC(=O)CCCCCCCCCCCCCCCCCCCCCCCCCCCCCCCCCCCCC. The molecule has 614 valence electrons. The summed E-state index contributed by atoms with van der Waals surface area (Å²) in [5.74, 6) is -0.276. The van der Waals surface area contributed by atoms with Crippen molar-refractivity contribution in [2.45, 2.75) is 484 Å². The highest BCUT2D eigenvalue weighted by Gasteiger charge is 2.54. The first kappa shape index (κ1) is 96.5. The third-order valence-corrected chi connectivity index (χ3v) is 22.0. The molecule has 0 aromatic rings. The highest BCUT2D eigenvalue weighted by Crippen LogP contribution is 2.34. The summed E-state index contributed by atoms with van der Waals surface area (Å²) in [7, 11) is 0. The fourth-order valence-corrected chi connectivity index (χ4v) is 15.0. The molecule has 0 radical (unpaired) electrons. The van der Waals surface area contributed by atoms with Crippen LogP contribution >= 0.6 is 0 Å². The van der Waals surface area contributed by atoms with Crippen LogP contribution in [0.25, 0.3) is 0 Å². The summed E-state index contributed by atoms with van der Waals surface area (Å²) >= 11 is 0. The van der Waals surface area contributed by atoms with E-state index in [0.717, 1.165) is 38.5 Å². The second kappa shape index (κ2) is 65.9. The Hall–Kier alpha value is -1.73. The van der Waals surface area contributed by atoms with E-state index in [0.29, 0.717) is 12.8 Å². The van der Waals surface area contributed by atoms with Crippen LogP contribution in [-0.2, 0) is 33.2 Å². The molecule has 3 saturated heterocycles. The van der Waals surface area contributed by atoms with Crippen LogP contribution in [0, 0.1) is 0 Å². The van der Waals surface area contributed by atoms with E-state index in [4.69, 9.17) is 28.4 Å². The molecule has 3 aliphatic heterocycles. The first-order valence-electron chi connectivity index (χ1n) is 43.6. The second-order valence-electron chi connectivity index (χ2n) is 31.4. The van der Waals surface area contributed by atoms with E-state index in [2.05, 4.69) is 31.3 Å². The van der Waals surface area contributed by atoms with Crippen LogP contribution in [0.15, 0.2) is 24.3 Å². The number of aliphatic hydroxyl groups is 11. The van der Waals surface area contributed by atoms with Gasteiger partial charge in [-0.25, -0.2) is 0 Å². The zero-order valence-corrected chi connectivity index (χ0v) is 66.0. The Labute approximate surface area is 632 Å². The predicted molar refractivity (Wildman–Crippen MR) is 416 cm³/mol. The maximum atomic E-state index is 13.5. The van der Waals surface area contributed by atoms with E-state index in [1.54, 1.807) is 6.08 Å². The summed E-state index contributed by atoms with van der Waals surface area (Å²) in [6.07, 6.45) is 54.8. The Kier molecular flexibility index (Phi) is 61.2. The Balaban J connectivity index is 1.33. The highest BCUT2D eigenvalue weighted by molar-refractivity contribution is 5.76. The van der Waals surface area contributed by atoms with E-state index in [1.165, 1.54) is 308 Å². The van der Waals surface area contributed by atoms with Crippen LogP contribution in [0.5, 0.6) is 0 Å². The number of unbranched alkanes of at least 4 members (excludes halogenated alkanes) is 53. The largest absolute Gasteiger partial charge is 0.394 e. The first-order chi connectivity index (χ1) is 50.8. The minimum Gasteiger partial charge on any atom is -0.394 e. The number of carbonyl (C=O) groups excluding carboxylic acids is 1. The third-order valence-electron chi connectivity index (χ3n) is 22.0. The van der Waals surface area contributed by atoms with Crippen molar-refractivity contribution in [3.05, 3.63) is 24.3 Å². The third kappa shape index (κ3) is 44.9. The average Bonchev–Trinajstić information content (AvgIpc) is 0.783. The molecule has 0 aromatic carbocycles. The number of hydrogen-bond donors (Lipinski definition) is 12. The summed E-state index contributed by atoms with van der Waals surface area (Å²) in [6, 6.07) is -0.989. The van der Waals surface area contributed by atoms with Gasteiger partial charge in [0.2, 0.25) is 5.91 Å². The van der Waals surface area contributed by atoms with Gasteiger partial charge >= 0.3 is 0 Å². The van der Waals surface area contributed by atoms with Gasteiger partial charge in [-0.05, 0) is 32.1 Å². The Morgan fingerprint density at radius 3 is 0.962 bits per heavy atom. The lowest BCUT2D eigenvalue weighted by Crippen LogP contribution is -2.66. The molecule has 3 heterocycles. The minimum absolute atomic E-state index is 0.241. The topological polar surface area (TPSA) is 307 Å². The molecule has 3 fully saturated rings. The molecule has 1 amide bonds. The van der Waals surface area contributed by atoms with E-state index in [9.17, 15) is 61.0 Å². The average molecular weight is 1490 g/mol. The molecule has 19 heteroatoms. The molecule has 17 unspecified atom stereocenters. The van der Waals surface area contributed by atoms with Gasteiger partial charge < -0.3 is 89.9 Å². The van der Waals surface area contributed by atoms with E-state index < -0.39 is 124 Å². The molecule has 0 aliphatic carbocycles. The Bertz CT molecular complexity index is 1970. The number of amides is 1.